The van der Waals surface area contributed by atoms with Crippen LogP contribution in [0.15, 0.2) is 36.9 Å². The largest absolute Gasteiger partial charge is 0.494 e. The smallest absolute Gasteiger partial charge is 0.314 e. The lowest BCUT2D eigenvalue weighted by atomic mass is 9.89. The molecule has 0 spiro atoms. The van der Waals surface area contributed by atoms with Crippen molar-refractivity contribution in [3.63, 3.8) is 0 Å². The molecule has 7 nitrogen and oxygen atoms in total. The number of aliphatic hydroxyl groups excluding tert-OH is 1. The number of aldehydes is 1. The van der Waals surface area contributed by atoms with E-state index in [4.69, 9.17) is 28.9 Å². The molecule has 1 aromatic carbocycles. The topological polar surface area (TPSA) is 99.1 Å². The second-order valence-corrected chi connectivity index (χ2v) is 6.85. The summed E-state index contributed by atoms with van der Waals surface area (Å²) >= 11 is 0. The average molecular weight is 453 g/mol. The van der Waals surface area contributed by atoms with Crippen molar-refractivity contribution in [3.05, 3.63) is 36.9 Å². The fourth-order valence-corrected chi connectivity index (χ4v) is 3.03. The summed E-state index contributed by atoms with van der Waals surface area (Å²) in [5.74, 6) is 1.43. The summed E-state index contributed by atoms with van der Waals surface area (Å²) < 4.78 is 16.2. The summed E-state index contributed by atoms with van der Waals surface area (Å²) in [7, 11) is 2.74. The Morgan fingerprint density at radius 2 is 1.47 bits per heavy atom. The van der Waals surface area contributed by atoms with E-state index in [9.17, 15) is 4.79 Å². The number of allylic oxidation sites excluding steroid dienone is 1. The van der Waals surface area contributed by atoms with Gasteiger partial charge in [0.05, 0.1) is 12.5 Å². The number of rotatable bonds is 11. The zero-order chi connectivity index (χ0) is 24.5. The Balaban J connectivity index is 0. The monoisotopic (exact) mass is 452 g/mol. The Morgan fingerprint density at radius 3 is 1.97 bits per heavy atom. The van der Waals surface area contributed by atoms with Gasteiger partial charge in [0.25, 0.3) is 0 Å². The second-order valence-electron chi connectivity index (χ2n) is 6.85. The van der Waals surface area contributed by atoms with Crippen molar-refractivity contribution in [2.24, 2.45) is 5.92 Å². The van der Waals surface area contributed by atoms with Crippen molar-refractivity contribution in [3.8, 4) is 11.5 Å². The molecule has 2 rings (SSSR count). The van der Waals surface area contributed by atoms with E-state index < -0.39 is 0 Å². The van der Waals surface area contributed by atoms with Gasteiger partial charge in [0.1, 0.15) is 24.6 Å². The lowest BCUT2D eigenvalue weighted by molar-refractivity contribution is -0.140. The minimum atomic E-state index is -0.0839. The Kier molecular flexibility index (Phi) is 24.5. The van der Waals surface area contributed by atoms with Gasteiger partial charge in [-0.3, -0.25) is 9.59 Å². The van der Waals surface area contributed by atoms with E-state index in [1.807, 2.05) is 31.1 Å². The number of esters is 1. The molecule has 0 heterocycles. The third-order valence-corrected chi connectivity index (χ3v) is 4.59. The van der Waals surface area contributed by atoms with E-state index in [-0.39, 0.29) is 11.9 Å². The van der Waals surface area contributed by atoms with Gasteiger partial charge in [-0.25, -0.2) is 0 Å². The highest BCUT2D eigenvalue weighted by atomic mass is 16.5. The van der Waals surface area contributed by atoms with Crippen LogP contribution in [0.4, 0.5) is 0 Å². The number of unbranched alkanes of at least 4 members (excludes halogenated alkanes) is 3. The molecule has 0 aliphatic heterocycles. The number of ether oxygens (including phenoxy) is 3. The highest BCUT2D eigenvalue weighted by Gasteiger charge is 2.22. The van der Waals surface area contributed by atoms with Crippen molar-refractivity contribution < 1.29 is 33.7 Å². The van der Waals surface area contributed by atoms with E-state index >= 15 is 0 Å². The van der Waals surface area contributed by atoms with Crippen LogP contribution in [0.2, 0.25) is 0 Å². The number of carbonyl (C=O) groups is 3. The molecule has 1 N–H and O–H groups in total. The van der Waals surface area contributed by atoms with Crippen molar-refractivity contribution in [2.75, 3.05) is 27.4 Å². The average Bonchev–Trinajstić information content (AvgIpc) is 2.87. The molecule has 1 aliphatic carbocycles. The van der Waals surface area contributed by atoms with E-state index in [0.717, 1.165) is 64.4 Å². The molecule has 0 saturated heterocycles. The molecule has 182 valence electrons. The van der Waals surface area contributed by atoms with E-state index in [1.165, 1.54) is 18.9 Å². The minimum absolute atomic E-state index is 0.0767. The third kappa shape index (κ3) is 17.2. The Bertz CT molecular complexity index is 560. The summed E-state index contributed by atoms with van der Waals surface area (Å²) in [4.78, 5) is 29.2. The molecule has 0 atom stereocenters. The first kappa shape index (κ1) is 31.7. The lowest BCUT2D eigenvalue weighted by Gasteiger charge is -2.19. The minimum Gasteiger partial charge on any atom is -0.494 e. The van der Waals surface area contributed by atoms with Gasteiger partial charge in [-0.15, -0.1) is 0 Å². The van der Waals surface area contributed by atoms with Crippen molar-refractivity contribution in [1.29, 1.82) is 0 Å². The fourth-order valence-electron chi connectivity index (χ4n) is 3.03. The third-order valence-electron chi connectivity index (χ3n) is 4.59. The molecule has 0 amide bonds. The standard InChI is InChI=1S/C20H30O4.C3H4O.CH4O.CH2O/c1-22-15-7-2-3-8-16-23-18-11-13-19(14-12-18)24-20(21)17-9-5-4-6-10-17;1-2-3-4;2*1-2/h11-14,17H,2-10,15-16H2,1H3;2-3H,1H2;2H,1H3;1H2. The van der Waals surface area contributed by atoms with Crippen LogP contribution < -0.4 is 9.47 Å². The van der Waals surface area contributed by atoms with Gasteiger partial charge < -0.3 is 24.1 Å². The van der Waals surface area contributed by atoms with E-state index in [0.29, 0.717) is 18.6 Å². The molecule has 1 aromatic rings. The molecule has 0 radical (unpaired) electrons. The number of hydrogen-bond donors (Lipinski definition) is 1. The first-order chi connectivity index (χ1) is 15.7. The van der Waals surface area contributed by atoms with Gasteiger partial charge in [-0.05, 0) is 62.4 Å². The van der Waals surface area contributed by atoms with Crippen LogP contribution in [-0.4, -0.2) is 51.6 Å². The van der Waals surface area contributed by atoms with Gasteiger partial charge in [0.15, 0.2) is 0 Å². The zero-order valence-corrected chi connectivity index (χ0v) is 19.6. The van der Waals surface area contributed by atoms with Crippen LogP contribution >= 0.6 is 0 Å². The number of carbonyl (C=O) groups excluding carboxylic acids is 3. The van der Waals surface area contributed by atoms with Crippen LogP contribution in [0.1, 0.15) is 57.8 Å². The molecule has 1 saturated carbocycles. The number of methoxy groups -OCH3 is 1. The van der Waals surface area contributed by atoms with Crippen LogP contribution in [0, 0.1) is 5.92 Å². The summed E-state index contributed by atoms with van der Waals surface area (Å²) in [6, 6.07) is 7.37. The molecule has 0 bridgehead atoms. The number of benzene rings is 1. The number of hydrogen-bond acceptors (Lipinski definition) is 7. The predicted octanol–water partition coefficient (Wildman–Crippen LogP) is 4.55. The second kappa shape index (κ2) is 24.8. The van der Waals surface area contributed by atoms with Crippen LogP contribution in [0.5, 0.6) is 11.5 Å². The normalized spacial score (nSPS) is 12.3. The first-order valence-corrected chi connectivity index (χ1v) is 10.9. The number of aliphatic hydroxyl groups is 1. The maximum atomic E-state index is 12.1. The lowest BCUT2D eigenvalue weighted by Crippen LogP contribution is -2.22. The molecule has 1 fully saturated rings. The summed E-state index contributed by atoms with van der Waals surface area (Å²) in [5, 5.41) is 7.00. The predicted molar refractivity (Wildman–Crippen MR) is 126 cm³/mol. The van der Waals surface area contributed by atoms with Gasteiger partial charge in [0.2, 0.25) is 0 Å². The Labute approximate surface area is 192 Å². The summed E-state index contributed by atoms with van der Waals surface area (Å²) in [5.41, 5.74) is 0. The van der Waals surface area contributed by atoms with Gasteiger partial charge in [-0.1, -0.05) is 32.3 Å². The Morgan fingerprint density at radius 1 is 0.969 bits per heavy atom. The quantitative estimate of drug-likeness (QED) is 0.173. The molecular weight excluding hydrogens is 412 g/mol. The van der Waals surface area contributed by atoms with E-state index in [2.05, 4.69) is 6.58 Å². The van der Waals surface area contributed by atoms with Crippen LogP contribution in [-0.2, 0) is 19.1 Å². The highest BCUT2D eigenvalue weighted by Crippen LogP contribution is 2.26. The van der Waals surface area contributed by atoms with Crippen LogP contribution in [0.3, 0.4) is 0 Å². The van der Waals surface area contributed by atoms with Gasteiger partial charge in [-0.2, -0.15) is 0 Å². The van der Waals surface area contributed by atoms with Crippen LogP contribution in [0.25, 0.3) is 0 Å². The summed E-state index contributed by atoms with van der Waals surface area (Å²) in [6.45, 7) is 6.66. The molecule has 0 aromatic heterocycles. The van der Waals surface area contributed by atoms with Crippen molar-refractivity contribution in [2.45, 2.75) is 57.8 Å². The summed E-state index contributed by atoms with van der Waals surface area (Å²) in [6.07, 6.45) is 11.8. The molecular formula is C25H40O7. The van der Waals surface area contributed by atoms with Crippen molar-refractivity contribution in [1.82, 2.24) is 0 Å². The van der Waals surface area contributed by atoms with Crippen molar-refractivity contribution >= 4 is 19.0 Å². The molecule has 32 heavy (non-hydrogen) atoms. The van der Waals surface area contributed by atoms with Gasteiger partial charge >= 0.3 is 5.97 Å². The zero-order valence-electron chi connectivity index (χ0n) is 19.6. The first-order valence-electron chi connectivity index (χ1n) is 10.9. The maximum absolute atomic E-state index is 12.1. The SMILES string of the molecule is C=CC=O.C=O.CO.COCCCCCCOc1ccc(OC(=O)C2CCCCC2)cc1. The van der Waals surface area contributed by atoms with E-state index in [1.54, 1.807) is 7.11 Å². The fraction of sp³-hybridized carbons (Fsp3) is 0.560. The van der Waals surface area contributed by atoms with Gasteiger partial charge in [0, 0.05) is 20.8 Å². The highest BCUT2D eigenvalue weighted by molar-refractivity contribution is 5.75. The molecule has 1 aliphatic rings. The maximum Gasteiger partial charge on any atom is 0.314 e. The Hall–Kier alpha value is -2.51. The molecule has 7 heteroatoms. The molecule has 0 unspecified atom stereocenters.